The van der Waals surface area contributed by atoms with Gasteiger partial charge in [-0.2, -0.15) is 9.97 Å². The maximum atomic E-state index is 5.27. The Kier molecular flexibility index (Phi) is 5.00. The van der Waals surface area contributed by atoms with Gasteiger partial charge in [-0.3, -0.25) is 5.43 Å². The van der Waals surface area contributed by atoms with Crippen LogP contribution in [0.15, 0.2) is 12.7 Å². The van der Waals surface area contributed by atoms with Crippen LogP contribution in [0.3, 0.4) is 0 Å². The van der Waals surface area contributed by atoms with Gasteiger partial charge in [-0.25, -0.2) is 5.84 Å². The molecule has 0 aromatic carbocycles. The van der Waals surface area contributed by atoms with Crippen molar-refractivity contribution in [2.75, 3.05) is 18.6 Å². The quantitative estimate of drug-likeness (QED) is 0.302. The lowest BCUT2D eigenvalue weighted by atomic mass is 10.5. The summed E-state index contributed by atoms with van der Waals surface area (Å²) < 4.78 is 10.4. The van der Waals surface area contributed by atoms with Crippen LogP contribution in [0.1, 0.15) is 13.3 Å². The summed E-state index contributed by atoms with van der Waals surface area (Å²) in [5.41, 5.74) is 2.31. The molecule has 0 aliphatic carbocycles. The third-order valence-electron chi connectivity index (χ3n) is 1.55. The third kappa shape index (κ3) is 3.70. The summed E-state index contributed by atoms with van der Waals surface area (Å²) in [5, 5.41) is 0. The molecule has 0 atom stereocenters. The highest BCUT2D eigenvalue weighted by atomic mass is 16.5. The van der Waals surface area contributed by atoms with Gasteiger partial charge >= 0.3 is 12.0 Å². The van der Waals surface area contributed by atoms with E-state index >= 15 is 0 Å². The predicted octanol–water partition coefficient (Wildman–Crippen LogP) is 0.511. The van der Waals surface area contributed by atoms with Crippen LogP contribution in [0.4, 0.5) is 5.95 Å². The Bertz CT molecular complexity index is 345. The number of nitrogen functional groups attached to an aromatic ring is 1. The number of nitrogens with two attached hydrogens (primary N) is 1. The highest BCUT2D eigenvalue weighted by molar-refractivity contribution is 5.25. The Morgan fingerprint density at radius 1 is 1.31 bits per heavy atom. The molecule has 16 heavy (non-hydrogen) atoms. The number of ether oxygens (including phenoxy) is 2. The number of anilines is 1. The van der Waals surface area contributed by atoms with E-state index in [0.29, 0.717) is 19.6 Å². The first-order valence-corrected chi connectivity index (χ1v) is 4.89. The molecule has 0 radical (unpaired) electrons. The lowest BCUT2D eigenvalue weighted by molar-refractivity contribution is 0.273. The van der Waals surface area contributed by atoms with Crippen molar-refractivity contribution >= 4 is 5.95 Å². The number of hydrazine groups is 1. The Labute approximate surface area is 93.7 Å². The van der Waals surface area contributed by atoms with Gasteiger partial charge in [-0.1, -0.05) is 6.08 Å². The second-order valence-corrected chi connectivity index (χ2v) is 2.73. The van der Waals surface area contributed by atoms with Crippen LogP contribution in [0.2, 0.25) is 0 Å². The lowest BCUT2D eigenvalue weighted by Crippen LogP contribution is -2.13. The van der Waals surface area contributed by atoms with Gasteiger partial charge in [-0.05, 0) is 13.3 Å². The molecular weight excluding hydrogens is 210 g/mol. The largest absolute Gasteiger partial charge is 0.464 e. The zero-order valence-electron chi connectivity index (χ0n) is 9.14. The summed E-state index contributed by atoms with van der Waals surface area (Å²) in [5.74, 6) is 5.41. The average Bonchev–Trinajstić information content (AvgIpc) is 2.29. The zero-order valence-corrected chi connectivity index (χ0v) is 9.14. The van der Waals surface area contributed by atoms with Gasteiger partial charge in [0, 0.05) is 0 Å². The molecule has 1 aromatic heterocycles. The molecule has 0 aliphatic rings. The van der Waals surface area contributed by atoms with Crippen molar-refractivity contribution in [1.29, 1.82) is 0 Å². The van der Waals surface area contributed by atoms with Crippen molar-refractivity contribution in [2.45, 2.75) is 13.3 Å². The molecule has 0 amide bonds. The van der Waals surface area contributed by atoms with Crippen LogP contribution in [0, 0.1) is 0 Å². The maximum Gasteiger partial charge on any atom is 0.324 e. The van der Waals surface area contributed by atoms with E-state index in [0.717, 1.165) is 0 Å². The Morgan fingerprint density at radius 2 is 2.00 bits per heavy atom. The first-order valence-electron chi connectivity index (χ1n) is 4.89. The van der Waals surface area contributed by atoms with Gasteiger partial charge in [0.05, 0.1) is 13.2 Å². The van der Waals surface area contributed by atoms with Crippen molar-refractivity contribution in [2.24, 2.45) is 5.84 Å². The standard InChI is InChI=1S/C9H15N5O2/c1-3-5-6-16-9-12-7(14-10)11-8(13-9)15-4-2/h3H,1,4-6,10H2,2H3,(H,11,12,13,14). The number of rotatable bonds is 7. The Balaban J connectivity index is 2.73. The fraction of sp³-hybridized carbons (Fsp3) is 0.444. The second-order valence-electron chi connectivity index (χ2n) is 2.73. The van der Waals surface area contributed by atoms with Gasteiger partial charge in [0.25, 0.3) is 0 Å². The minimum absolute atomic E-state index is 0.174. The van der Waals surface area contributed by atoms with Crippen LogP contribution in [-0.2, 0) is 0 Å². The molecule has 0 saturated heterocycles. The fourth-order valence-electron chi connectivity index (χ4n) is 0.894. The van der Waals surface area contributed by atoms with Crippen molar-refractivity contribution in [3.63, 3.8) is 0 Å². The predicted molar refractivity (Wildman–Crippen MR) is 59.1 cm³/mol. The van der Waals surface area contributed by atoms with Gasteiger partial charge in [0.2, 0.25) is 5.95 Å². The molecule has 0 saturated carbocycles. The SMILES string of the molecule is C=CCCOc1nc(NN)nc(OCC)n1. The first-order chi connectivity index (χ1) is 7.80. The lowest BCUT2D eigenvalue weighted by Gasteiger charge is -2.06. The molecule has 7 nitrogen and oxygen atoms in total. The fourth-order valence-corrected chi connectivity index (χ4v) is 0.894. The monoisotopic (exact) mass is 225 g/mol. The van der Waals surface area contributed by atoms with Gasteiger partial charge < -0.3 is 9.47 Å². The van der Waals surface area contributed by atoms with Crippen LogP contribution >= 0.6 is 0 Å². The van der Waals surface area contributed by atoms with E-state index in [1.54, 1.807) is 6.08 Å². The minimum Gasteiger partial charge on any atom is -0.464 e. The zero-order chi connectivity index (χ0) is 11.8. The summed E-state index contributed by atoms with van der Waals surface area (Å²) in [7, 11) is 0. The van der Waals surface area contributed by atoms with E-state index in [9.17, 15) is 0 Å². The van der Waals surface area contributed by atoms with Gasteiger partial charge in [0.1, 0.15) is 0 Å². The molecule has 1 aromatic rings. The maximum absolute atomic E-state index is 5.27. The van der Waals surface area contributed by atoms with E-state index in [2.05, 4.69) is 27.0 Å². The van der Waals surface area contributed by atoms with E-state index < -0.39 is 0 Å². The minimum atomic E-state index is 0.174. The van der Waals surface area contributed by atoms with Crippen molar-refractivity contribution in [3.05, 3.63) is 12.7 Å². The third-order valence-corrected chi connectivity index (χ3v) is 1.55. The number of hydrogen-bond acceptors (Lipinski definition) is 7. The molecular formula is C9H15N5O2. The smallest absolute Gasteiger partial charge is 0.324 e. The Hall–Kier alpha value is -1.89. The van der Waals surface area contributed by atoms with Gasteiger partial charge in [-0.15, -0.1) is 11.6 Å². The summed E-state index contributed by atoms with van der Waals surface area (Å²) >= 11 is 0. The second kappa shape index (κ2) is 6.57. The molecule has 88 valence electrons. The number of aromatic nitrogens is 3. The first kappa shape index (κ1) is 12.2. The molecule has 0 aliphatic heterocycles. The van der Waals surface area contributed by atoms with Crippen LogP contribution in [-0.4, -0.2) is 28.2 Å². The molecule has 3 N–H and O–H groups in total. The molecule has 0 spiro atoms. The van der Waals surface area contributed by atoms with Crippen LogP contribution < -0.4 is 20.7 Å². The summed E-state index contributed by atoms with van der Waals surface area (Å²) in [6.07, 6.45) is 2.45. The summed E-state index contributed by atoms with van der Waals surface area (Å²) in [6, 6.07) is 0.354. The molecule has 0 bridgehead atoms. The van der Waals surface area contributed by atoms with Crippen molar-refractivity contribution in [1.82, 2.24) is 15.0 Å². The molecule has 0 fully saturated rings. The summed E-state index contributed by atoms with van der Waals surface area (Å²) in [6.45, 7) is 6.32. The number of nitrogens with zero attached hydrogens (tertiary/aromatic N) is 3. The topological polar surface area (TPSA) is 95.2 Å². The molecule has 1 rings (SSSR count). The molecule has 0 unspecified atom stereocenters. The van der Waals surface area contributed by atoms with Crippen LogP contribution in [0.25, 0.3) is 0 Å². The van der Waals surface area contributed by atoms with E-state index in [1.165, 1.54) is 0 Å². The van der Waals surface area contributed by atoms with Gasteiger partial charge in [0.15, 0.2) is 0 Å². The van der Waals surface area contributed by atoms with E-state index in [4.69, 9.17) is 15.3 Å². The van der Waals surface area contributed by atoms with Crippen molar-refractivity contribution < 1.29 is 9.47 Å². The number of nitrogens with one attached hydrogen (secondary N) is 1. The van der Waals surface area contributed by atoms with E-state index in [1.807, 2.05) is 6.92 Å². The highest BCUT2D eigenvalue weighted by Gasteiger charge is 2.06. The van der Waals surface area contributed by atoms with Crippen molar-refractivity contribution in [3.8, 4) is 12.0 Å². The van der Waals surface area contributed by atoms with E-state index in [-0.39, 0.29) is 18.0 Å². The Morgan fingerprint density at radius 3 is 2.56 bits per heavy atom. The molecule has 7 heteroatoms. The average molecular weight is 225 g/mol. The summed E-state index contributed by atoms with van der Waals surface area (Å²) in [4.78, 5) is 11.7. The number of hydrogen-bond donors (Lipinski definition) is 2. The normalized spacial score (nSPS) is 9.62. The van der Waals surface area contributed by atoms with Crippen LogP contribution in [0.5, 0.6) is 12.0 Å². The highest BCUT2D eigenvalue weighted by Crippen LogP contribution is 2.12. The molecule has 1 heterocycles.